The van der Waals surface area contributed by atoms with Crippen molar-refractivity contribution in [2.75, 3.05) is 12.3 Å². The van der Waals surface area contributed by atoms with Crippen LogP contribution in [0, 0.1) is 0 Å². The number of nitrogen functional groups attached to an aromatic ring is 1. The summed E-state index contributed by atoms with van der Waals surface area (Å²) in [5.41, 5.74) is 6.46. The predicted octanol–water partition coefficient (Wildman–Crippen LogP) is 0.796. The minimum Gasteiger partial charge on any atom is -0.463 e. The number of nitrogens with zero attached hydrogens (tertiary/aromatic N) is 3. The fraction of sp³-hybridized carbons (Fsp3) is 0.467. The molecule has 9 heteroatoms. The molecule has 128 valence electrons. The first kappa shape index (κ1) is 16.2. The third-order valence-electron chi connectivity index (χ3n) is 3.80. The lowest BCUT2D eigenvalue weighted by Crippen LogP contribution is -2.31. The number of ether oxygens (including phenoxy) is 3. The Morgan fingerprint density at radius 2 is 2.17 bits per heavy atom. The highest BCUT2D eigenvalue weighted by atomic mass is 16.6. The number of carbonyl (C=O) groups excluding carboxylic acids is 2. The zero-order valence-corrected chi connectivity index (χ0v) is 13.3. The first-order valence-electron chi connectivity index (χ1n) is 7.48. The molecule has 1 fully saturated rings. The molecule has 0 bridgehead atoms. The van der Waals surface area contributed by atoms with E-state index in [9.17, 15) is 9.59 Å². The number of nitrogens with two attached hydrogens (primary N) is 1. The Hall–Kier alpha value is -2.68. The molecule has 0 aromatic carbocycles. The molecule has 3 rings (SSSR count). The van der Waals surface area contributed by atoms with Crippen molar-refractivity contribution in [3.8, 4) is 0 Å². The van der Waals surface area contributed by atoms with Crippen LogP contribution in [-0.2, 0) is 23.8 Å². The first-order chi connectivity index (χ1) is 11.5. The van der Waals surface area contributed by atoms with Crippen molar-refractivity contribution in [1.82, 2.24) is 14.5 Å². The molecule has 0 saturated carbocycles. The summed E-state index contributed by atoms with van der Waals surface area (Å²) >= 11 is 0. The van der Waals surface area contributed by atoms with Gasteiger partial charge in [0, 0.05) is 26.5 Å². The molecule has 0 amide bonds. The van der Waals surface area contributed by atoms with Gasteiger partial charge in [-0.2, -0.15) is 0 Å². The molecule has 2 aromatic heterocycles. The zero-order chi connectivity index (χ0) is 17.3. The van der Waals surface area contributed by atoms with E-state index in [4.69, 9.17) is 19.9 Å². The SMILES string of the molecule is CC(=O)OC[C@H]1O[C@@H](n2ccc3c(N)ncnc32)C[C@@H]1OC(C)=O. The molecule has 24 heavy (non-hydrogen) atoms. The van der Waals surface area contributed by atoms with E-state index in [2.05, 4.69) is 9.97 Å². The molecule has 0 radical (unpaired) electrons. The normalized spacial score (nSPS) is 23.3. The van der Waals surface area contributed by atoms with Crippen LogP contribution in [0.25, 0.3) is 11.0 Å². The number of aromatic nitrogens is 3. The van der Waals surface area contributed by atoms with Gasteiger partial charge in [-0.05, 0) is 6.07 Å². The fourth-order valence-electron chi connectivity index (χ4n) is 2.78. The lowest BCUT2D eigenvalue weighted by atomic mass is 10.2. The van der Waals surface area contributed by atoms with Crippen molar-refractivity contribution in [3.05, 3.63) is 18.6 Å². The molecule has 1 saturated heterocycles. The van der Waals surface area contributed by atoms with Crippen molar-refractivity contribution in [2.24, 2.45) is 0 Å². The standard InChI is InChI=1S/C15H18N4O5/c1-8(20)22-6-12-11(23-9(2)21)5-13(24-12)19-4-3-10-14(16)17-7-18-15(10)19/h3-4,7,11-13H,5-6H2,1-2H3,(H2,16,17,18)/t11-,12+,13+/m0/s1. The van der Waals surface area contributed by atoms with Crippen LogP contribution < -0.4 is 5.73 Å². The second-order valence-electron chi connectivity index (χ2n) is 5.53. The largest absolute Gasteiger partial charge is 0.463 e. The molecule has 2 N–H and O–H groups in total. The highest BCUT2D eigenvalue weighted by Crippen LogP contribution is 2.34. The Morgan fingerprint density at radius 3 is 2.88 bits per heavy atom. The van der Waals surface area contributed by atoms with Gasteiger partial charge in [-0.25, -0.2) is 9.97 Å². The molecule has 1 aliphatic rings. The maximum absolute atomic E-state index is 11.3. The van der Waals surface area contributed by atoms with E-state index < -0.39 is 30.4 Å². The number of anilines is 1. The van der Waals surface area contributed by atoms with Crippen LogP contribution in [0.15, 0.2) is 18.6 Å². The Bertz CT molecular complexity index is 774. The molecule has 3 atom stereocenters. The van der Waals surface area contributed by atoms with Gasteiger partial charge in [0.05, 0.1) is 5.39 Å². The van der Waals surface area contributed by atoms with Gasteiger partial charge in [-0.3, -0.25) is 9.59 Å². The second-order valence-corrected chi connectivity index (χ2v) is 5.53. The van der Waals surface area contributed by atoms with E-state index in [0.29, 0.717) is 23.3 Å². The lowest BCUT2D eigenvalue weighted by molar-refractivity contribution is -0.155. The summed E-state index contributed by atoms with van der Waals surface area (Å²) in [6.07, 6.45) is 2.12. The number of hydrogen-bond donors (Lipinski definition) is 1. The topological polar surface area (TPSA) is 119 Å². The van der Waals surface area contributed by atoms with Crippen LogP contribution in [0.1, 0.15) is 26.5 Å². The van der Waals surface area contributed by atoms with Crippen LogP contribution in [0.2, 0.25) is 0 Å². The highest BCUT2D eigenvalue weighted by molar-refractivity contribution is 5.86. The van der Waals surface area contributed by atoms with E-state index in [1.165, 1.54) is 20.2 Å². The van der Waals surface area contributed by atoms with E-state index in [1.807, 2.05) is 0 Å². The van der Waals surface area contributed by atoms with Gasteiger partial charge in [0.25, 0.3) is 0 Å². The average Bonchev–Trinajstić information content (AvgIpc) is 3.09. The molecule has 0 unspecified atom stereocenters. The first-order valence-corrected chi connectivity index (χ1v) is 7.48. The minimum atomic E-state index is -0.542. The molecule has 9 nitrogen and oxygen atoms in total. The zero-order valence-electron chi connectivity index (χ0n) is 13.3. The Morgan fingerprint density at radius 1 is 1.38 bits per heavy atom. The number of esters is 2. The van der Waals surface area contributed by atoms with Crippen molar-refractivity contribution in [1.29, 1.82) is 0 Å². The Kier molecular flexibility index (Phi) is 4.34. The minimum absolute atomic E-state index is 0.0140. The van der Waals surface area contributed by atoms with Gasteiger partial charge in [-0.1, -0.05) is 0 Å². The average molecular weight is 334 g/mol. The van der Waals surface area contributed by atoms with Crippen molar-refractivity contribution in [3.63, 3.8) is 0 Å². The molecule has 2 aromatic rings. The van der Waals surface area contributed by atoms with Gasteiger partial charge in [0.2, 0.25) is 0 Å². The number of rotatable bonds is 4. The summed E-state index contributed by atoms with van der Waals surface area (Å²) in [6, 6.07) is 1.80. The second kappa shape index (κ2) is 6.44. The van der Waals surface area contributed by atoms with Gasteiger partial charge in [0.1, 0.15) is 42.8 Å². The molecular formula is C15H18N4O5. The quantitative estimate of drug-likeness (QED) is 0.815. The van der Waals surface area contributed by atoms with Gasteiger partial charge >= 0.3 is 11.9 Å². The van der Waals surface area contributed by atoms with Crippen molar-refractivity contribution in [2.45, 2.75) is 38.7 Å². The predicted molar refractivity (Wildman–Crippen MR) is 82.7 cm³/mol. The van der Waals surface area contributed by atoms with E-state index in [1.54, 1.807) is 16.8 Å². The van der Waals surface area contributed by atoms with E-state index in [-0.39, 0.29) is 6.61 Å². The third kappa shape index (κ3) is 3.16. The van der Waals surface area contributed by atoms with Crippen LogP contribution in [0.3, 0.4) is 0 Å². The fourth-order valence-corrected chi connectivity index (χ4v) is 2.78. The van der Waals surface area contributed by atoms with Crippen LogP contribution in [0.4, 0.5) is 5.82 Å². The maximum atomic E-state index is 11.3. The summed E-state index contributed by atoms with van der Waals surface area (Å²) in [6.45, 7) is 2.65. The summed E-state index contributed by atoms with van der Waals surface area (Å²) in [5.74, 6) is -0.457. The van der Waals surface area contributed by atoms with Gasteiger partial charge in [0.15, 0.2) is 0 Å². The van der Waals surface area contributed by atoms with Gasteiger partial charge in [-0.15, -0.1) is 0 Å². The van der Waals surface area contributed by atoms with Crippen LogP contribution in [-0.4, -0.2) is 45.3 Å². The van der Waals surface area contributed by atoms with E-state index >= 15 is 0 Å². The molecule has 1 aliphatic heterocycles. The smallest absolute Gasteiger partial charge is 0.303 e. The number of fused-ring (bicyclic) bond motifs is 1. The summed E-state index contributed by atoms with van der Waals surface area (Å²) in [7, 11) is 0. The monoisotopic (exact) mass is 334 g/mol. The number of hydrogen-bond acceptors (Lipinski definition) is 8. The summed E-state index contributed by atoms with van der Waals surface area (Å²) in [5, 5.41) is 0.716. The number of carbonyl (C=O) groups is 2. The third-order valence-corrected chi connectivity index (χ3v) is 3.80. The molecule has 0 spiro atoms. The summed E-state index contributed by atoms with van der Waals surface area (Å²) < 4.78 is 18.0. The highest BCUT2D eigenvalue weighted by Gasteiger charge is 2.39. The Labute approximate surface area is 137 Å². The summed E-state index contributed by atoms with van der Waals surface area (Å²) in [4.78, 5) is 30.5. The van der Waals surface area contributed by atoms with Crippen molar-refractivity contribution < 1.29 is 23.8 Å². The molecular weight excluding hydrogens is 316 g/mol. The van der Waals surface area contributed by atoms with Crippen LogP contribution >= 0.6 is 0 Å². The molecule has 0 aliphatic carbocycles. The Balaban J connectivity index is 1.84. The van der Waals surface area contributed by atoms with Crippen LogP contribution in [0.5, 0.6) is 0 Å². The van der Waals surface area contributed by atoms with Gasteiger partial charge < -0.3 is 24.5 Å². The maximum Gasteiger partial charge on any atom is 0.303 e. The van der Waals surface area contributed by atoms with Crippen molar-refractivity contribution >= 4 is 28.8 Å². The molecule has 3 heterocycles. The lowest BCUT2D eigenvalue weighted by Gasteiger charge is -2.17. The van der Waals surface area contributed by atoms with E-state index in [0.717, 1.165) is 0 Å².